The summed E-state index contributed by atoms with van der Waals surface area (Å²) in [5.74, 6) is 0. The quantitative estimate of drug-likeness (QED) is 0.849. The Kier molecular flexibility index (Phi) is 3.65. The topological polar surface area (TPSA) is 85.4 Å². The van der Waals surface area contributed by atoms with Gasteiger partial charge in [0.1, 0.15) is 23.4 Å². The summed E-state index contributed by atoms with van der Waals surface area (Å²) >= 11 is 1.38. The smallest absolute Gasteiger partial charge is 0.187 e. The van der Waals surface area contributed by atoms with Crippen LogP contribution in [-0.4, -0.2) is 9.97 Å². The minimum atomic E-state index is 0.00425. The Bertz CT molecular complexity index is 629. The van der Waals surface area contributed by atoms with Crippen LogP contribution in [0.15, 0.2) is 41.5 Å². The van der Waals surface area contributed by atoms with Gasteiger partial charge >= 0.3 is 0 Å². The van der Waals surface area contributed by atoms with Crippen LogP contribution >= 0.6 is 11.3 Å². The van der Waals surface area contributed by atoms with Crippen molar-refractivity contribution in [3.8, 4) is 23.5 Å². The van der Waals surface area contributed by atoms with E-state index in [1.165, 1.54) is 17.5 Å². The molecule has 0 saturated heterocycles. The van der Waals surface area contributed by atoms with E-state index in [-0.39, 0.29) is 5.57 Å². The van der Waals surface area contributed by atoms with Crippen LogP contribution in [0.2, 0.25) is 0 Å². The summed E-state index contributed by atoms with van der Waals surface area (Å²) in [6, 6.07) is 9.11. The zero-order valence-electron chi connectivity index (χ0n) is 9.16. The molecule has 5 nitrogen and oxygen atoms in total. The van der Waals surface area contributed by atoms with Gasteiger partial charge in [0.05, 0.1) is 5.69 Å². The highest BCUT2D eigenvalue weighted by molar-refractivity contribution is 7.14. The molecule has 0 saturated carbocycles. The van der Waals surface area contributed by atoms with Crippen molar-refractivity contribution in [3.05, 3.63) is 41.5 Å². The van der Waals surface area contributed by atoms with Gasteiger partial charge in [-0.25, -0.2) is 4.98 Å². The second-order valence-corrected chi connectivity index (χ2v) is 4.04. The van der Waals surface area contributed by atoms with Crippen molar-refractivity contribution in [2.24, 2.45) is 0 Å². The van der Waals surface area contributed by atoms with E-state index in [1.807, 2.05) is 23.6 Å². The molecule has 0 aromatic carbocycles. The minimum absolute atomic E-state index is 0.00425. The molecule has 0 aliphatic rings. The zero-order valence-corrected chi connectivity index (χ0v) is 9.98. The monoisotopic (exact) mass is 253 g/mol. The Labute approximate surface area is 108 Å². The van der Waals surface area contributed by atoms with Gasteiger partial charge in [-0.2, -0.15) is 10.5 Å². The third kappa shape index (κ3) is 2.70. The van der Waals surface area contributed by atoms with Crippen LogP contribution < -0.4 is 5.32 Å². The van der Waals surface area contributed by atoms with E-state index in [0.717, 1.165) is 11.4 Å². The molecule has 18 heavy (non-hydrogen) atoms. The van der Waals surface area contributed by atoms with Crippen LogP contribution in [-0.2, 0) is 0 Å². The molecule has 2 aromatic rings. The first kappa shape index (κ1) is 11.8. The molecule has 0 bridgehead atoms. The SMILES string of the molecule is N#CC(C#N)=CNc1nc(-c2ccccn2)cs1. The maximum Gasteiger partial charge on any atom is 0.187 e. The number of nitrogens with one attached hydrogen (secondary N) is 1. The molecule has 0 aliphatic carbocycles. The van der Waals surface area contributed by atoms with Crippen LogP contribution in [0.3, 0.4) is 0 Å². The zero-order chi connectivity index (χ0) is 12.8. The summed E-state index contributed by atoms with van der Waals surface area (Å²) in [5, 5.41) is 22.4. The van der Waals surface area contributed by atoms with Gasteiger partial charge in [0.15, 0.2) is 5.13 Å². The molecule has 0 spiro atoms. The van der Waals surface area contributed by atoms with E-state index in [4.69, 9.17) is 10.5 Å². The van der Waals surface area contributed by atoms with E-state index < -0.39 is 0 Å². The number of allylic oxidation sites excluding steroid dienone is 1. The Morgan fingerprint density at radius 2 is 2.11 bits per heavy atom. The normalized spacial score (nSPS) is 9.00. The number of hydrogen-bond donors (Lipinski definition) is 1. The molecule has 2 rings (SSSR count). The predicted octanol–water partition coefficient (Wildman–Crippen LogP) is 2.55. The average Bonchev–Trinajstić information content (AvgIpc) is 2.90. The largest absolute Gasteiger partial charge is 0.336 e. The van der Waals surface area contributed by atoms with Crippen LogP contribution in [0.25, 0.3) is 11.4 Å². The third-order valence-corrected chi connectivity index (χ3v) is 2.79. The fourth-order valence-corrected chi connectivity index (χ4v) is 1.87. The van der Waals surface area contributed by atoms with Gasteiger partial charge in [0, 0.05) is 17.8 Å². The lowest BCUT2D eigenvalue weighted by atomic mass is 10.3. The van der Waals surface area contributed by atoms with Crippen molar-refractivity contribution >= 4 is 16.5 Å². The van der Waals surface area contributed by atoms with Crippen LogP contribution in [0.4, 0.5) is 5.13 Å². The number of nitriles is 2. The lowest BCUT2D eigenvalue weighted by molar-refractivity contribution is 1.28. The number of rotatable bonds is 3. The van der Waals surface area contributed by atoms with Gasteiger partial charge in [-0.05, 0) is 12.1 Å². The lowest BCUT2D eigenvalue weighted by Gasteiger charge is -1.94. The lowest BCUT2D eigenvalue weighted by Crippen LogP contribution is -1.89. The highest BCUT2D eigenvalue weighted by atomic mass is 32.1. The van der Waals surface area contributed by atoms with Crippen molar-refractivity contribution in [1.82, 2.24) is 9.97 Å². The molecule has 0 radical (unpaired) electrons. The first-order chi connectivity index (χ1) is 8.83. The Morgan fingerprint density at radius 3 is 2.78 bits per heavy atom. The molecule has 0 atom stereocenters. The summed E-state index contributed by atoms with van der Waals surface area (Å²) < 4.78 is 0. The highest BCUT2D eigenvalue weighted by Gasteiger charge is 2.04. The summed E-state index contributed by atoms with van der Waals surface area (Å²) in [4.78, 5) is 8.49. The molecule has 2 aromatic heterocycles. The molecule has 0 aliphatic heterocycles. The summed E-state index contributed by atoms with van der Waals surface area (Å²) in [6.45, 7) is 0. The summed E-state index contributed by atoms with van der Waals surface area (Å²) in [5.41, 5.74) is 1.54. The standard InChI is InChI=1S/C12H7N5S/c13-5-9(6-14)7-16-12-17-11(8-18-12)10-3-1-2-4-15-10/h1-4,7-8H,(H,16,17). The molecule has 0 unspecified atom stereocenters. The van der Waals surface area contributed by atoms with E-state index in [2.05, 4.69) is 15.3 Å². The average molecular weight is 253 g/mol. The van der Waals surface area contributed by atoms with Crippen molar-refractivity contribution in [3.63, 3.8) is 0 Å². The first-order valence-corrected chi connectivity index (χ1v) is 5.85. The second-order valence-electron chi connectivity index (χ2n) is 3.18. The second kappa shape index (κ2) is 5.58. The van der Waals surface area contributed by atoms with Gasteiger partial charge in [-0.1, -0.05) is 6.07 Å². The number of aromatic nitrogens is 2. The fourth-order valence-electron chi connectivity index (χ4n) is 1.20. The third-order valence-electron chi connectivity index (χ3n) is 2.01. The number of pyridine rings is 1. The number of anilines is 1. The molecule has 0 fully saturated rings. The van der Waals surface area contributed by atoms with Gasteiger partial charge in [0.2, 0.25) is 0 Å². The number of hydrogen-bond acceptors (Lipinski definition) is 6. The summed E-state index contributed by atoms with van der Waals surface area (Å²) in [6.07, 6.45) is 3.03. The predicted molar refractivity (Wildman–Crippen MR) is 68.3 cm³/mol. The maximum atomic E-state index is 8.58. The van der Waals surface area contributed by atoms with Gasteiger partial charge in [0.25, 0.3) is 0 Å². The van der Waals surface area contributed by atoms with Crippen LogP contribution in [0, 0.1) is 22.7 Å². The minimum Gasteiger partial charge on any atom is -0.336 e. The molecule has 2 heterocycles. The first-order valence-electron chi connectivity index (χ1n) is 4.97. The van der Waals surface area contributed by atoms with Gasteiger partial charge < -0.3 is 5.32 Å². The van der Waals surface area contributed by atoms with E-state index in [1.54, 1.807) is 18.3 Å². The van der Waals surface area contributed by atoms with Crippen molar-refractivity contribution in [1.29, 1.82) is 10.5 Å². The molecule has 1 N–H and O–H groups in total. The number of nitrogens with zero attached hydrogens (tertiary/aromatic N) is 4. The van der Waals surface area contributed by atoms with E-state index >= 15 is 0 Å². The van der Waals surface area contributed by atoms with Crippen molar-refractivity contribution in [2.45, 2.75) is 0 Å². The number of thiazole rings is 1. The van der Waals surface area contributed by atoms with E-state index in [0.29, 0.717) is 5.13 Å². The van der Waals surface area contributed by atoms with Crippen molar-refractivity contribution < 1.29 is 0 Å². The molecule has 0 amide bonds. The van der Waals surface area contributed by atoms with Crippen molar-refractivity contribution in [2.75, 3.05) is 5.32 Å². The molecule has 6 heteroatoms. The van der Waals surface area contributed by atoms with Crippen LogP contribution in [0.1, 0.15) is 0 Å². The highest BCUT2D eigenvalue weighted by Crippen LogP contribution is 2.23. The molecule has 86 valence electrons. The molecular weight excluding hydrogens is 246 g/mol. The Balaban J connectivity index is 2.16. The summed E-state index contributed by atoms with van der Waals surface area (Å²) in [7, 11) is 0. The van der Waals surface area contributed by atoms with E-state index in [9.17, 15) is 0 Å². The Hall–Kier alpha value is -2.70. The van der Waals surface area contributed by atoms with Crippen LogP contribution in [0.5, 0.6) is 0 Å². The Morgan fingerprint density at radius 1 is 1.28 bits per heavy atom. The van der Waals surface area contributed by atoms with Gasteiger partial charge in [-0.15, -0.1) is 11.3 Å². The van der Waals surface area contributed by atoms with Gasteiger partial charge in [-0.3, -0.25) is 4.98 Å². The molecular formula is C12H7N5S. The maximum absolute atomic E-state index is 8.58. The fraction of sp³-hybridized carbons (Fsp3) is 0.